The summed E-state index contributed by atoms with van der Waals surface area (Å²) in [7, 11) is 1.66. The Bertz CT molecular complexity index is 725. The lowest BCUT2D eigenvalue weighted by molar-refractivity contribution is 0.415. The van der Waals surface area contributed by atoms with E-state index < -0.39 is 0 Å². The minimum absolute atomic E-state index is 0.497. The van der Waals surface area contributed by atoms with Crippen molar-refractivity contribution in [3.8, 4) is 16.9 Å². The fourth-order valence-corrected chi connectivity index (χ4v) is 2.36. The van der Waals surface area contributed by atoms with Gasteiger partial charge in [-0.3, -0.25) is 0 Å². The maximum absolute atomic E-state index is 6.11. The zero-order valence-corrected chi connectivity index (χ0v) is 11.2. The van der Waals surface area contributed by atoms with Crippen LogP contribution in [-0.2, 0) is 0 Å². The van der Waals surface area contributed by atoms with Crippen molar-refractivity contribution in [2.24, 2.45) is 0 Å². The molecule has 2 nitrogen and oxygen atoms in total. The molecule has 0 aliphatic heterocycles. The summed E-state index contributed by atoms with van der Waals surface area (Å²) >= 11 is 6.11. The Kier molecular flexibility index (Phi) is 3.10. The van der Waals surface area contributed by atoms with Gasteiger partial charge in [0.15, 0.2) is 0 Å². The Morgan fingerprint density at radius 1 is 1.00 bits per heavy atom. The van der Waals surface area contributed by atoms with Gasteiger partial charge in [0.1, 0.15) is 10.9 Å². The highest BCUT2D eigenvalue weighted by atomic mass is 35.5. The summed E-state index contributed by atoms with van der Waals surface area (Å²) in [6.45, 7) is 0. The van der Waals surface area contributed by atoms with E-state index in [9.17, 15) is 0 Å². The zero-order valence-electron chi connectivity index (χ0n) is 10.4. The first-order valence-electron chi connectivity index (χ1n) is 5.97. The van der Waals surface area contributed by atoms with E-state index in [1.165, 1.54) is 0 Å². The number of fused-ring (bicyclic) bond motifs is 1. The number of methoxy groups -OCH3 is 1. The molecule has 0 fully saturated rings. The number of hydrogen-bond acceptors (Lipinski definition) is 2. The molecule has 0 spiro atoms. The van der Waals surface area contributed by atoms with Gasteiger partial charge in [-0.05, 0) is 35.4 Å². The smallest absolute Gasteiger partial charge is 0.130 e. The molecule has 0 N–H and O–H groups in total. The first-order valence-corrected chi connectivity index (χ1v) is 6.35. The number of hydrogen-bond donors (Lipinski definition) is 0. The van der Waals surface area contributed by atoms with Crippen molar-refractivity contribution in [3.05, 3.63) is 59.8 Å². The molecule has 0 radical (unpaired) electrons. The van der Waals surface area contributed by atoms with Crippen molar-refractivity contribution >= 4 is 22.5 Å². The lowest BCUT2D eigenvalue weighted by Gasteiger charge is -2.09. The van der Waals surface area contributed by atoms with Gasteiger partial charge in [0, 0.05) is 5.39 Å². The highest BCUT2D eigenvalue weighted by molar-refractivity contribution is 6.30. The number of nitrogens with zero attached hydrogens (tertiary/aromatic N) is 1. The number of halogens is 1. The fourth-order valence-electron chi connectivity index (χ4n) is 2.16. The van der Waals surface area contributed by atoms with Crippen LogP contribution in [0.2, 0.25) is 5.15 Å². The molecular weight excluding hydrogens is 258 g/mol. The van der Waals surface area contributed by atoms with Crippen molar-refractivity contribution < 1.29 is 4.74 Å². The molecule has 0 saturated carbocycles. The molecule has 94 valence electrons. The van der Waals surface area contributed by atoms with Crippen molar-refractivity contribution in [3.63, 3.8) is 0 Å². The van der Waals surface area contributed by atoms with E-state index in [4.69, 9.17) is 16.3 Å². The molecule has 3 rings (SSSR count). The summed E-state index contributed by atoms with van der Waals surface area (Å²) < 4.78 is 5.28. The molecule has 3 aromatic rings. The van der Waals surface area contributed by atoms with Crippen LogP contribution in [0, 0.1) is 0 Å². The van der Waals surface area contributed by atoms with Gasteiger partial charge in [0.05, 0.1) is 12.6 Å². The standard InChI is InChI=1S/C16H12ClNO/c1-19-12-7-8-15-14(9-12)13(10-16(17)18-15)11-5-3-2-4-6-11/h2-10H,1H3. The maximum atomic E-state index is 6.11. The summed E-state index contributed by atoms with van der Waals surface area (Å²) in [4.78, 5) is 4.35. The Labute approximate surface area is 116 Å². The van der Waals surface area contributed by atoms with E-state index in [0.717, 1.165) is 27.8 Å². The molecule has 0 saturated heterocycles. The summed E-state index contributed by atoms with van der Waals surface area (Å²) in [6.07, 6.45) is 0. The largest absolute Gasteiger partial charge is 0.497 e. The molecule has 2 aromatic carbocycles. The fraction of sp³-hybridized carbons (Fsp3) is 0.0625. The number of benzene rings is 2. The van der Waals surface area contributed by atoms with Crippen LogP contribution in [0.15, 0.2) is 54.6 Å². The molecule has 1 heterocycles. The predicted molar refractivity (Wildman–Crippen MR) is 78.7 cm³/mol. The summed E-state index contributed by atoms with van der Waals surface area (Å²) in [6, 6.07) is 17.8. The number of ether oxygens (including phenoxy) is 1. The average molecular weight is 270 g/mol. The lowest BCUT2D eigenvalue weighted by atomic mass is 10.0. The van der Waals surface area contributed by atoms with E-state index in [1.807, 2.05) is 42.5 Å². The van der Waals surface area contributed by atoms with Crippen LogP contribution >= 0.6 is 11.6 Å². The quantitative estimate of drug-likeness (QED) is 0.636. The molecule has 0 atom stereocenters. The van der Waals surface area contributed by atoms with Crippen LogP contribution in [0.3, 0.4) is 0 Å². The van der Waals surface area contributed by atoms with Gasteiger partial charge in [-0.1, -0.05) is 41.9 Å². The topological polar surface area (TPSA) is 22.1 Å². The normalized spacial score (nSPS) is 10.6. The Hall–Kier alpha value is -2.06. The van der Waals surface area contributed by atoms with Crippen LogP contribution in [0.4, 0.5) is 0 Å². The van der Waals surface area contributed by atoms with Crippen LogP contribution in [0.25, 0.3) is 22.0 Å². The highest BCUT2D eigenvalue weighted by Gasteiger charge is 2.08. The molecule has 0 unspecified atom stereocenters. The Balaban J connectivity index is 2.33. The van der Waals surface area contributed by atoms with Gasteiger partial charge in [-0.2, -0.15) is 0 Å². The summed E-state index contributed by atoms with van der Waals surface area (Å²) in [5.41, 5.74) is 3.05. The first kappa shape index (κ1) is 12.0. The van der Waals surface area contributed by atoms with E-state index in [2.05, 4.69) is 17.1 Å². The second-order valence-corrected chi connectivity index (χ2v) is 4.63. The number of aromatic nitrogens is 1. The molecule has 0 bridgehead atoms. The van der Waals surface area contributed by atoms with Crippen molar-refractivity contribution in [1.82, 2.24) is 4.98 Å². The van der Waals surface area contributed by atoms with Gasteiger partial charge >= 0.3 is 0 Å². The molecule has 3 heteroatoms. The Morgan fingerprint density at radius 3 is 2.53 bits per heavy atom. The third-order valence-electron chi connectivity index (χ3n) is 3.07. The molecule has 0 amide bonds. The minimum Gasteiger partial charge on any atom is -0.497 e. The van der Waals surface area contributed by atoms with E-state index in [0.29, 0.717) is 5.15 Å². The third-order valence-corrected chi connectivity index (χ3v) is 3.26. The predicted octanol–water partition coefficient (Wildman–Crippen LogP) is 4.56. The Morgan fingerprint density at radius 2 is 1.79 bits per heavy atom. The maximum Gasteiger partial charge on any atom is 0.130 e. The minimum atomic E-state index is 0.497. The van der Waals surface area contributed by atoms with Gasteiger partial charge in [-0.25, -0.2) is 4.98 Å². The highest BCUT2D eigenvalue weighted by Crippen LogP contribution is 2.32. The van der Waals surface area contributed by atoms with Crippen LogP contribution < -0.4 is 4.74 Å². The monoisotopic (exact) mass is 269 g/mol. The van der Waals surface area contributed by atoms with Crippen molar-refractivity contribution in [1.29, 1.82) is 0 Å². The molecule has 1 aromatic heterocycles. The number of rotatable bonds is 2. The van der Waals surface area contributed by atoms with Crippen LogP contribution in [0.5, 0.6) is 5.75 Å². The second-order valence-electron chi connectivity index (χ2n) is 4.24. The second kappa shape index (κ2) is 4.90. The van der Waals surface area contributed by atoms with Crippen molar-refractivity contribution in [2.45, 2.75) is 0 Å². The van der Waals surface area contributed by atoms with Gasteiger partial charge < -0.3 is 4.74 Å². The molecule has 0 aliphatic rings. The SMILES string of the molecule is COc1ccc2nc(Cl)cc(-c3ccccc3)c2c1. The molecule has 0 aliphatic carbocycles. The molecular formula is C16H12ClNO. The zero-order chi connectivity index (χ0) is 13.2. The van der Waals surface area contributed by atoms with E-state index in [1.54, 1.807) is 7.11 Å². The summed E-state index contributed by atoms with van der Waals surface area (Å²) in [5.74, 6) is 0.814. The van der Waals surface area contributed by atoms with Crippen LogP contribution in [-0.4, -0.2) is 12.1 Å². The molecule has 19 heavy (non-hydrogen) atoms. The van der Waals surface area contributed by atoms with E-state index in [-0.39, 0.29) is 0 Å². The van der Waals surface area contributed by atoms with Crippen molar-refractivity contribution in [2.75, 3.05) is 7.11 Å². The third kappa shape index (κ3) is 2.27. The summed E-state index contributed by atoms with van der Waals surface area (Å²) in [5, 5.41) is 1.53. The van der Waals surface area contributed by atoms with Gasteiger partial charge in [0.25, 0.3) is 0 Å². The lowest BCUT2D eigenvalue weighted by Crippen LogP contribution is -1.88. The van der Waals surface area contributed by atoms with E-state index >= 15 is 0 Å². The van der Waals surface area contributed by atoms with Gasteiger partial charge in [0.2, 0.25) is 0 Å². The van der Waals surface area contributed by atoms with Gasteiger partial charge in [-0.15, -0.1) is 0 Å². The first-order chi connectivity index (χ1) is 9.28. The van der Waals surface area contributed by atoms with Crippen LogP contribution in [0.1, 0.15) is 0 Å². The average Bonchev–Trinajstić information content (AvgIpc) is 2.47. The number of pyridine rings is 1.